The molecule has 0 amide bonds. The summed E-state index contributed by atoms with van der Waals surface area (Å²) >= 11 is 0. The van der Waals surface area contributed by atoms with Gasteiger partial charge in [-0.25, -0.2) is 9.97 Å². The number of anilines is 1. The summed E-state index contributed by atoms with van der Waals surface area (Å²) in [6.45, 7) is 4.12. The maximum absolute atomic E-state index is 4.54. The van der Waals surface area contributed by atoms with Crippen LogP contribution < -0.4 is 4.90 Å². The Bertz CT molecular complexity index is 555. The van der Waals surface area contributed by atoms with Gasteiger partial charge < -0.3 is 4.90 Å². The van der Waals surface area contributed by atoms with Crippen molar-refractivity contribution in [2.24, 2.45) is 5.92 Å². The fourth-order valence-corrected chi connectivity index (χ4v) is 2.91. The van der Waals surface area contributed by atoms with E-state index in [0.717, 1.165) is 31.2 Å². The molecule has 0 N–H and O–H groups in total. The summed E-state index contributed by atoms with van der Waals surface area (Å²) in [5.74, 6) is 2.59. The Morgan fingerprint density at radius 3 is 3.05 bits per heavy atom. The van der Waals surface area contributed by atoms with E-state index in [1.807, 2.05) is 37.6 Å². The van der Waals surface area contributed by atoms with Gasteiger partial charge in [0.15, 0.2) is 0 Å². The highest BCUT2D eigenvalue weighted by Crippen LogP contribution is 2.24. The number of aryl methyl sites for hydroxylation is 1. The molecule has 1 fully saturated rings. The van der Waals surface area contributed by atoms with Crippen LogP contribution >= 0.6 is 0 Å². The third-order valence-corrected chi connectivity index (χ3v) is 3.85. The molecule has 1 saturated heterocycles. The van der Waals surface area contributed by atoms with Crippen LogP contribution in [0, 0.1) is 12.8 Å². The molecule has 0 spiro atoms. The monoisotopic (exact) mass is 268 g/mol. The summed E-state index contributed by atoms with van der Waals surface area (Å²) in [4.78, 5) is 15.3. The molecular formula is C16H20N4. The largest absolute Gasteiger partial charge is 0.356 e. The first-order valence-electron chi connectivity index (χ1n) is 7.25. The van der Waals surface area contributed by atoms with Crippen molar-refractivity contribution in [3.05, 3.63) is 48.2 Å². The quantitative estimate of drug-likeness (QED) is 0.858. The van der Waals surface area contributed by atoms with E-state index in [1.54, 1.807) is 0 Å². The number of aromatic nitrogens is 3. The molecule has 0 unspecified atom stereocenters. The van der Waals surface area contributed by atoms with Gasteiger partial charge in [-0.1, -0.05) is 6.07 Å². The molecule has 1 atom stereocenters. The summed E-state index contributed by atoms with van der Waals surface area (Å²) in [6.07, 6.45) is 9.29. The van der Waals surface area contributed by atoms with Crippen LogP contribution in [0.25, 0.3) is 0 Å². The highest BCUT2D eigenvalue weighted by Gasteiger charge is 2.21. The van der Waals surface area contributed by atoms with E-state index in [-0.39, 0.29) is 0 Å². The Kier molecular flexibility index (Phi) is 3.90. The van der Waals surface area contributed by atoms with Gasteiger partial charge >= 0.3 is 0 Å². The molecule has 0 aromatic carbocycles. The second kappa shape index (κ2) is 5.99. The standard InChI is InChI=1S/C16H20N4/c1-13-18-8-6-16(19-13)20-9-3-5-15(12-20)10-14-4-2-7-17-11-14/h2,4,6-8,11,15H,3,5,9-10,12H2,1H3/t15-/m1/s1. The highest BCUT2D eigenvalue weighted by atomic mass is 15.2. The van der Waals surface area contributed by atoms with Gasteiger partial charge in [-0.15, -0.1) is 0 Å². The van der Waals surface area contributed by atoms with Crippen molar-refractivity contribution in [3.63, 3.8) is 0 Å². The van der Waals surface area contributed by atoms with Crippen molar-refractivity contribution in [2.75, 3.05) is 18.0 Å². The molecular weight excluding hydrogens is 248 g/mol. The molecule has 0 radical (unpaired) electrons. The van der Waals surface area contributed by atoms with Crippen LogP contribution in [0.4, 0.5) is 5.82 Å². The summed E-state index contributed by atoms with van der Waals surface area (Å²) in [7, 11) is 0. The molecule has 2 aromatic rings. The molecule has 0 bridgehead atoms. The van der Waals surface area contributed by atoms with Crippen molar-refractivity contribution in [3.8, 4) is 0 Å². The first-order chi connectivity index (χ1) is 9.81. The summed E-state index contributed by atoms with van der Waals surface area (Å²) in [5, 5.41) is 0. The lowest BCUT2D eigenvalue weighted by molar-refractivity contribution is 0.411. The molecule has 0 aliphatic carbocycles. The van der Waals surface area contributed by atoms with E-state index in [0.29, 0.717) is 5.92 Å². The van der Waals surface area contributed by atoms with Gasteiger partial charge in [0.25, 0.3) is 0 Å². The van der Waals surface area contributed by atoms with Crippen molar-refractivity contribution < 1.29 is 0 Å². The van der Waals surface area contributed by atoms with Crippen LogP contribution in [0.1, 0.15) is 24.2 Å². The average molecular weight is 268 g/mol. The molecule has 1 aliphatic heterocycles. The van der Waals surface area contributed by atoms with Crippen LogP contribution in [0.5, 0.6) is 0 Å². The fourth-order valence-electron chi connectivity index (χ4n) is 2.91. The van der Waals surface area contributed by atoms with E-state index >= 15 is 0 Å². The Morgan fingerprint density at radius 2 is 2.25 bits per heavy atom. The number of piperidine rings is 1. The molecule has 0 saturated carbocycles. The average Bonchev–Trinajstić information content (AvgIpc) is 2.49. The minimum Gasteiger partial charge on any atom is -0.356 e. The van der Waals surface area contributed by atoms with Gasteiger partial charge in [0.05, 0.1) is 0 Å². The van der Waals surface area contributed by atoms with Crippen LogP contribution in [-0.2, 0) is 6.42 Å². The summed E-state index contributed by atoms with van der Waals surface area (Å²) < 4.78 is 0. The second-order valence-electron chi connectivity index (χ2n) is 5.48. The Labute approximate surface area is 119 Å². The number of hydrogen-bond donors (Lipinski definition) is 0. The lowest BCUT2D eigenvalue weighted by Crippen LogP contribution is -2.36. The maximum Gasteiger partial charge on any atom is 0.132 e. The van der Waals surface area contributed by atoms with Crippen LogP contribution in [0.15, 0.2) is 36.8 Å². The molecule has 1 aliphatic rings. The van der Waals surface area contributed by atoms with E-state index in [1.165, 1.54) is 18.4 Å². The number of hydrogen-bond acceptors (Lipinski definition) is 4. The van der Waals surface area contributed by atoms with Gasteiger partial charge in [-0.2, -0.15) is 0 Å². The van der Waals surface area contributed by atoms with Gasteiger partial charge in [0.1, 0.15) is 11.6 Å². The zero-order valence-corrected chi connectivity index (χ0v) is 11.9. The number of pyridine rings is 1. The third-order valence-electron chi connectivity index (χ3n) is 3.85. The first-order valence-corrected chi connectivity index (χ1v) is 7.25. The van der Waals surface area contributed by atoms with Gasteiger partial charge in [0, 0.05) is 31.7 Å². The minimum absolute atomic E-state index is 0.684. The Hall–Kier alpha value is -1.97. The molecule has 3 rings (SSSR count). The molecule has 3 heterocycles. The van der Waals surface area contributed by atoms with Crippen LogP contribution in [0.3, 0.4) is 0 Å². The Morgan fingerprint density at radius 1 is 1.30 bits per heavy atom. The fraction of sp³-hybridized carbons (Fsp3) is 0.438. The topological polar surface area (TPSA) is 41.9 Å². The zero-order chi connectivity index (χ0) is 13.8. The van der Waals surface area contributed by atoms with Crippen LogP contribution in [-0.4, -0.2) is 28.0 Å². The predicted octanol–water partition coefficient (Wildman–Crippen LogP) is 2.64. The Balaban J connectivity index is 1.67. The second-order valence-corrected chi connectivity index (χ2v) is 5.48. The van der Waals surface area contributed by atoms with Gasteiger partial charge in [-0.3, -0.25) is 4.98 Å². The lowest BCUT2D eigenvalue weighted by atomic mass is 9.92. The summed E-state index contributed by atoms with van der Waals surface area (Å²) in [5.41, 5.74) is 1.33. The number of rotatable bonds is 3. The van der Waals surface area contributed by atoms with Crippen molar-refractivity contribution in [2.45, 2.75) is 26.2 Å². The highest BCUT2D eigenvalue weighted by molar-refractivity contribution is 5.38. The van der Waals surface area contributed by atoms with E-state index in [9.17, 15) is 0 Å². The van der Waals surface area contributed by atoms with E-state index in [4.69, 9.17) is 0 Å². The van der Waals surface area contributed by atoms with Gasteiger partial charge in [-0.05, 0) is 49.8 Å². The van der Waals surface area contributed by atoms with Crippen LogP contribution in [0.2, 0.25) is 0 Å². The van der Waals surface area contributed by atoms with E-state index in [2.05, 4.69) is 25.9 Å². The number of nitrogens with zero attached hydrogens (tertiary/aromatic N) is 4. The molecule has 104 valence electrons. The predicted molar refractivity (Wildman–Crippen MR) is 79.6 cm³/mol. The van der Waals surface area contributed by atoms with Crippen molar-refractivity contribution in [1.82, 2.24) is 15.0 Å². The maximum atomic E-state index is 4.54. The van der Waals surface area contributed by atoms with Crippen molar-refractivity contribution in [1.29, 1.82) is 0 Å². The third kappa shape index (κ3) is 3.13. The SMILES string of the molecule is Cc1nccc(N2CCC[C@H](Cc3cccnc3)C2)n1. The van der Waals surface area contributed by atoms with Crippen molar-refractivity contribution >= 4 is 5.82 Å². The zero-order valence-electron chi connectivity index (χ0n) is 11.9. The summed E-state index contributed by atoms with van der Waals surface area (Å²) in [6, 6.07) is 6.20. The smallest absolute Gasteiger partial charge is 0.132 e. The minimum atomic E-state index is 0.684. The molecule has 4 nitrogen and oxygen atoms in total. The molecule has 4 heteroatoms. The van der Waals surface area contributed by atoms with Gasteiger partial charge in [0.2, 0.25) is 0 Å². The molecule has 20 heavy (non-hydrogen) atoms. The molecule has 2 aromatic heterocycles. The normalized spacial score (nSPS) is 19.1. The lowest BCUT2D eigenvalue weighted by Gasteiger charge is -2.33. The van der Waals surface area contributed by atoms with E-state index < -0.39 is 0 Å². The first kappa shape index (κ1) is 13.0.